The summed E-state index contributed by atoms with van der Waals surface area (Å²) in [7, 11) is 0. The first kappa shape index (κ1) is 21.2. The Hall–Kier alpha value is -2.81. The molecule has 2 rings (SSSR count). The fourth-order valence-corrected chi connectivity index (χ4v) is 1.88. The second-order valence-electron chi connectivity index (χ2n) is 5.33. The van der Waals surface area contributed by atoms with Gasteiger partial charge in [0.1, 0.15) is 17.6 Å². The van der Waals surface area contributed by atoms with Crippen LogP contribution in [0, 0.1) is 0 Å². The molecule has 8 nitrogen and oxygen atoms in total. The van der Waals surface area contributed by atoms with Crippen LogP contribution in [-0.4, -0.2) is 34.2 Å². The van der Waals surface area contributed by atoms with E-state index in [1.807, 2.05) is 0 Å². The molecule has 0 unspecified atom stereocenters. The van der Waals surface area contributed by atoms with Crippen LogP contribution in [0.1, 0.15) is 12.7 Å². The highest BCUT2D eigenvalue weighted by Crippen LogP contribution is 2.27. The molecule has 26 heavy (non-hydrogen) atoms. The largest absolute Gasteiger partial charge is 0.506 e. The van der Waals surface area contributed by atoms with E-state index in [1.165, 1.54) is 43.5 Å². The maximum atomic E-state index is 11.9. The Kier molecular flexibility index (Phi) is 7.85. The number of anilines is 2. The molecule has 0 radical (unpaired) electrons. The zero-order valence-corrected chi connectivity index (χ0v) is 14.7. The first-order chi connectivity index (χ1) is 11.9. The van der Waals surface area contributed by atoms with Gasteiger partial charge in [-0.25, -0.2) is 0 Å². The zero-order valence-electron chi connectivity index (χ0n) is 13.9. The summed E-state index contributed by atoms with van der Waals surface area (Å²) < 4.78 is 5.07. The SMILES string of the molecule is C[C@@H](O)[C@H](N)C(=O)Nc1cc(NC(=O)/C=C/c2ccco2)ccc1O.Cl. The Morgan fingerprint density at radius 2 is 2.00 bits per heavy atom. The first-order valence-corrected chi connectivity index (χ1v) is 7.47. The minimum absolute atomic E-state index is 0. The summed E-state index contributed by atoms with van der Waals surface area (Å²) in [4.78, 5) is 23.7. The molecule has 0 aliphatic rings. The minimum Gasteiger partial charge on any atom is -0.506 e. The highest BCUT2D eigenvalue weighted by molar-refractivity contribution is 6.03. The molecule has 2 atom stereocenters. The summed E-state index contributed by atoms with van der Waals surface area (Å²) in [5, 5.41) is 24.1. The molecule has 2 aromatic rings. The van der Waals surface area contributed by atoms with Crippen molar-refractivity contribution >= 4 is 41.7 Å². The van der Waals surface area contributed by atoms with Crippen molar-refractivity contribution in [3.05, 3.63) is 48.4 Å². The van der Waals surface area contributed by atoms with Crippen LogP contribution in [0.2, 0.25) is 0 Å². The number of amides is 2. The van der Waals surface area contributed by atoms with Gasteiger partial charge in [-0.05, 0) is 43.3 Å². The van der Waals surface area contributed by atoms with Gasteiger partial charge in [0.15, 0.2) is 0 Å². The Morgan fingerprint density at radius 1 is 1.27 bits per heavy atom. The van der Waals surface area contributed by atoms with Gasteiger partial charge < -0.3 is 31.0 Å². The molecule has 0 bridgehead atoms. The van der Waals surface area contributed by atoms with E-state index in [4.69, 9.17) is 10.2 Å². The number of aliphatic hydroxyl groups is 1. The fraction of sp³-hybridized carbons (Fsp3) is 0.176. The van der Waals surface area contributed by atoms with Gasteiger partial charge in [-0.15, -0.1) is 12.4 Å². The predicted octanol–water partition coefficient (Wildman–Crippen LogP) is 1.71. The van der Waals surface area contributed by atoms with Crippen LogP contribution in [0.4, 0.5) is 11.4 Å². The van der Waals surface area contributed by atoms with Crippen molar-refractivity contribution in [2.24, 2.45) is 5.73 Å². The molecular weight excluding hydrogens is 362 g/mol. The van der Waals surface area contributed by atoms with Crippen molar-refractivity contribution in [1.82, 2.24) is 0 Å². The van der Waals surface area contributed by atoms with Gasteiger partial charge in [0, 0.05) is 11.8 Å². The van der Waals surface area contributed by atoms with Gasteiger partial charge in [-0.1, -0.05) is 0 Å². The summed E-state index contributed by atoms with van der Waals surface area (Å²) in [5.74, 6) is -0.747. The second-order valence-corrected chi connectivity index (χ2v) is 5.33. The fourth-order valence-electron chi connectivity index (χ4n) is 1.88. The highest BCUT2D eigenvalue weighted by atomic mass is 35.5. The number of nitrogens with two attached hydrogens (primary N) is 1. The number of benzene rings is 1. The first-order valence-electron chi connectivity index (χ1n) is 7.47. The number of hydrogen-bond acceptors (Lipinski definition) is 6. The normalized spacial score (nSPS) is 12.9. The summed E-state index contributed by atoms with van der Waals surface area (Å²) in [6.45, 7) is 1.38. The molecule has 140 valence electrons. The Morgan fingerprint density at radius 3 is 2.62 bits per heavy atom. The lowest BCUT2D eigenvalue weighted by molar-refractivity contribution is -0.119. The van der Waals surface area contributed by atoms with Crippen LogP contribution in [0.5, 0.6) is 5.75 Å². The maximum absolute atomic E-state index is 11.9. The number of phenolic OH excluding ortho intramolecular Hbond substituents is 1. The second kappa shape index (κ2) is 9.62. The molecule has 0 aliphatic heterocycles. The number of halogens is 1. The minimum atomic E-state index is -1.14. The third-order valence-electron chi connectivity index (χ3n) is 3.29. The van der Waals surface area contributed by atoms with E-state index < -0.39 is 24.0 Å². The van der Waals surface area contributed by atoms with Gasteiger partial charge in [0.25, 0.3) is 0 Å². The van der Waals surface area contributed by atoms with E-state index >= 15 is 0 Å². The molecule has 9 heteroatoms. The van der Waals surface area contributed by atoms with Crippen LogP contribution >= 0.6 is 12.4 Å². The summed E-state index contributed by atoms with van der Waals surface area (Å²) >= 11 is 0. The molecule has 2 amide bonds. The van der Waals surface area contributed by atoms with Crippen LogP contribution in [0.3, 0.4) is 0 Å². The van der Waals surface area contributed by atoms with Crippen molar-refractivity contribution in [2.75, 3.05) is 10.6 Å². The monoisotopic (exact) mass is 381 g/mol. The van der Waals surface area contributed by atoms with Crippen molar-refractivity contribution < 1.29 is 24.2 Å². The van der Waals surface area contributed by atoms with Crippen LogP contribution < -0.4 is 16.4 Å². The van der Waals surface area contributed by atoms with Crippen molar-refractivity contribution in [3.63, 3.8) is 0 Å². The third kappa shape index (κ3) is 5.92. The van der Waals surface area contributed by atoms with E-state index in [1.54, 1.807) is 12.1 Å². The standard InChI is InChI=1S/C17H19N3O5.ClH/c1-10(21)16(18)17(24)20-13-9-11(4-6-14(13)22)19-15(23)7-5-12-3-2-8-25-12;/h2-10,16,21-22H,18H2,1H3,(H,19,23)(H,20,24);1H/b7-5+;/t10-,16+;/m1./s1. The lowest BCUT2D eigenvalue weighted by Gasteiger charge is -2.15. The number of furan rings is 1. The van der Waals surface area contributed by atoms with Crippen LogP contribution in [0.25, 0.3) is 6.08 Å². The molecule has 0 aliphatic carbocycles. The van der Waals surface area contributed by atoms with Gasteiger partial charge >= 0.3 is 0 Å². The molecule has 1 aromatic carbocycles. The van der Waals surface area contributed by atoms with E-state index in [0.29, 0.717) is 11.4 Å². The summed E-state index contributed by atoms with van der Waals surface area (Å²) in [6.07, 6.45) is 3.23. The van der Waals surface area contributed by atoms with Gasteiger partial charge in [0.05, 0.1) is 18.1 Å². The number of phenols is 1. The Labute approximate surface area is 156 Å². The highest BCUT2D eigenvalue weighted by Gasteiger charge is 2.20. The lowest BCUT2D eigenvalue weighted by Crippen LogP contribution is -2.43. The number of rotatable bonds is 6. The molecule has 0 fully saturated rings. The maximum Gasteiger partial charge on any atom is 0.248 e. The summed E-state index contributed by atoms with van der Waals surface area (Å²) in [5.41, 5.74) is 5.95. The average Bonchev–Trinajstić information content (AvgIpc) is 3.08. The van der Waals surface area contributed by atoms with E-state index in [0.717, 1.165) is 0 Å². The molecule has 0 saturated heterocycles. The molecule has 1 aromatic heterocycles. The smallest absolute Gasteiger partial charge is 0.248 e. The summed E-state index contributed by atoms with van der Waals surface area (Å²) in [6, 6.07) is 6.41. The number of aliphatic hydroxyl groups excluding tert-OH is 1. The number of carbonyl (C=O) groups excluding carboxylic acids is 2. The zero-order chi connectivity index (χ0) is 18.4. The number of aromatic hydroxyl groups is 1. The van der Waals surface area contributed by atoms with E-state index in [2.05, 4.69) is 10.6 Å². The number of nitrogens with one attached hydrogen (secondary N) is 2. The Balaban J connectivity index is 0.00000338. The van der Waals surface area contributed by atoms with E-state index in [9.17, 15) is 19.8 Å². The lowest BCUT2D eigenvalue weighted by atomic mass is 10.1. The number of carbonyl (C=O) groups is 2. The molecule has 0 saturated carbocycles. The van der Waals surface area contributed by atoms with E-state index in [-0.39, 0.29) is 23.8 Å². The van der Waals surface area contributed by atoms with Crippen LogP contribution in [0.15, 0.2) is 47.1 Å². The third-order valence-corrected chi connectivity index (χ3v) is 3.29. The quantitative estimate of drug-likeness (QED) is 0.293. The van der Waals surface area contributed by atoms with Crippen molar-refractivity contribution in [3.8, 4) is 5.75 Å². The van der Waals surface area contributed by atoms with Gasteiger partial charge in [-0.2, -0.15) is 0 Å². The van der Waals surface area contributed by atoms with Crippen molar-refractivity contribution in [1.29, 1.82) is 0 Å². The number of hydrogen-bond donors (Lipinski definition) is 5. The molecule has 6 N–H and O–H groups in total. The molecular formula is C17H20ClN3O5. The van der Waals surface area contributed by atoms with Crippen LogP contribution in [-0.2, 0) is 9.59 Å². The average molecular weight is 382 g/mol. The topological polar surface area (TPSA) is 138 Å². The van der Waals surface area contributed by atoms with Gasteiger partial charge in [0.2, 0.25) is 11.8 Å². The Bertz CT molecular complexity index is 775. The van der Waals surface area contributed by atoms with Gasteiger partial charge in [-0.3, -0.25) is 9.59 Å². The molecule has 1 heterocycles. The van der Waals surface area contributed by atoms with Crippen molar-refractivity contribution in [2.45, 2.75) is 19.1 Å². The predicted molar refractivity (Wildman–Crippen MR) is 100 cm³/mol. The molecule has 0 spiro atoms.